The van der Waals surface area contributed by atoms with Crippen LogP contribution in [0.5, 0.6) is 0 Å². The molecule has 0 aliphatic carbocycles. The molecule has 0 saturated heterocycles. The monoisotopic (exact) mass is 293 g/mol. The third-order valence-electron chi connectivity index (χ3n) is 2.48. The molecule has 1 unspecified atom stereocenters. The summed E-state index contributed by atoms with van der Waals surface area (Å²) in [7, 11) is -2.70. The lowest BCUT2D eigenvalue weighted by Crippen LogP contribution is -2.52. The zero-order valence-electron chi connectivity index (χ0n) is 10.0. The summed E-state index contributed by atoms with van der Waals surface area (Å²) in [4.78, 5) is 22.5. The Bertz CT molecular complexity index is 478. The fourth-order valence-corrected chi connectivity index (χ4v) is 4.41. The van der Waals surface area contributed by atoms with Crippen LogP contribution >= 0.6 is 11.8 Å². The van der Waals surface area contributed by atoms with Gasteiger partial charge in [-0.3, -0.25) is 4.79 Å². The smallest absolute Gasteiger partial charge is 0.331 e. The number of sulfonamides is 1. The van der Waals surface area contributed by atoms with E-state index in [0.29, 0.717) is 4.31 Å². The Morgan fingerprint density at radius 3 is 2.56 bits per heavy atom. The molecule has 1 aliphatic heterocycles. The SMILES string of the molecule is CNC(=O)N(CC(N)=O)S(=O)(=O)C1(C)CC=CS1. The lowest BCUT2D eigenvalue weighted by molar-refractivity contribution is -0.117. The second-order valence-corrected chi connectivity index (χ2v) is 7.82. The first-order chi connectivity index (χ1) is 8.24. The van der Waals surface area contributed by atoms with E-state index in [0.717, 1.165) is 11.8 Å². The van der Waals surface area contributed by atoms with Crippen molar-refractivity contribution in [2.45, 2.75) is 17.4 Å². The average molecular weight is 293 g/mol. The van der Waals surface area contributed by atoms with Gasteiger partial charge in [0.15, 0.2) is 0 Å². The molecule has 0 saturated carbocycles. The minimum absolute atomic E-state index is 0.270. The lowest BCUT2D eigenvalue weighted by atomic mass is 10.3. The number of hydrogen-bond donors (Lipinski definition) is 2. The molecule has 0 aromatic rings. The molecule has 102 valence electrons. The number of allylic oxidation sites excluding steroid dienone is 1. The van der Waals surface area contributed by atoms with E-state index in [1.54, 1.807) is 11.5 Å². The number of amides is 3. The van der Waals surface area contributed by atoms with Gasteiger partial charge in [-0.05, 0) is 18.8 Å². The van der Waals surface area contributed by atoms with Crippen molar-refractivity contribution >= 4 is 33.7 Å². The number of primary amides is 1. The molecule has 18 heavy (non-hydrogen) atoms. The summed E-state index contributed by atoms with van der Waals surface area (Å²) in [6.45, 7) is 0.835. The molecule has 3 amide bonds. The maximum atomic E-state index is 12.4. The number of nitrogens with one attached hydrogen (secondary N) is 1. The quantitative estimate of drug-likeness (QED) is 0.746. The Kier molecular flexibility index (Phi) is 4.28. The maximum absolute atomic E-state index is 12.4. The van der Waals surface area contributed by atoms with Gasteiger partial charge in [-0.2, -0.15) is 0 Å². The van der Waals surface area contributed by atoms with E-state index in [1.165, 1.54) is 14.0 Å². The molecule has 7 nitrogen and oxygen atoms in total. The van der Waals surface area contributed by atoms with Crippen LogP contribution in [0.3, 0.4) is 0 Å². The number of urea groups is 1. The average Bonchev–Trinajstić information content (AvgIpc) is 2.73. The highest BCUT2D eigenvalue weighted by atomic mass is 32.3. The van der Waals surface area contributed by atoms with Gasteiger partial charge in [-0.15, -0.1) is 11.8 Å². The molecular formula is C9H15N3O4S2. The van der Waals surface area contributed by atoms with Crippen LogP contribution in [-0.4, -0.2) is 42.3 Å². The summed E-state index contributed by atoms with van der Waals surface area (Å²) >= 11 is 1.09. The number of hydrogen-bond acceptors (Lipinski definition) is 5. The van der Waals surface area contributed by atoms with Crippen molar-refractivity contribution in [3.8, 4) is 0 Å². The van der Waals surface area contributed by atoms with Crippen LogP contribution < -0.4 is 11.1 Å². The molecule has 0 aromatic heterocycles. The Hall–Kier alpha value is -1.22. The fraction of sp³-hybridized carbons (Fsp3) is 0.556. The number of nitrogens with zero attached hydrogens (tertiary/aromatic N) is 1. The number of nitrogens with two attached hydrogens (primary N) is 1. The molecular weight excluding hydrogens is 278 g/mol. The predicted octanol–water partition coefficient (Wildman–Crippen LogP) is -0.190. The first kappa shape index (κ1) is 14.8. The van der Waals surface area contributed by atoms with E-state index in [1.807, 2.05) is 0 Å². The zero-order chi connectivity index (χ0) is 14.0. The first-order valence-corrected chi connectivity index (χ1v) is 7.42. The van der Waals surface area contributed by atoms with Gasteiger partial charge < -0.3 is 11.1 Å². The van der Waals surface area contributed by atoms with Crippen molar-refractivity contribution in [2.75, 3.05) is 13.6 Å². The number of carbonyl (C=O) groups excluding carboxylic acids is 2. The molecule has 1 aliphatic rings. The van der Waals surface area contributed by atoms with Crippen molar-refractivity contribution < 1.29 is 18.0 Å². The molecule has 0 radical (unpaired) electrons. The van der Waals surface area contributed by atoms with Crippen LogP contribution in [0.4, 0.5) is 4.79 Å². The molecule has 9 heteroatoms. The predicted molar refractivity (Wildman–Crippen MR) is 69.0 cm³/mol. The largest absolute Gasteiger partial charge is 0.368 e. The van der Waals surface area contributed by atoms with E-state index in [4.69, 9.17) is 5.73 Å². The van der Waals surface area contributed by atoms with Crippen LogP contribution in [0.2, 0.25) is 0 Å². The molecule has 3 N–H and O–H groups in total. The summed E-state index contributed by atoms with van der Waals surface area (Å²) in [5.74, 6) is -0.887. The Labute approximate surface area is 110 Å². The van der Waals surface area contributed by atoms with Crippen LogP contribution in [0, 0.1) is 0 Å². The number of carbonyl (C=O) groups is 2. The Morgan fingerprint density at radius 1 is 1.56 bits per heavy atom. The summed E-state index contributed by atoms with van der Waals surface area (Å²) in [6.07, 6.45) is 1.97. The minimum Gasteiger partial charge on any atom is -0.368 e. The van der Waals surface area contributed by atoms with Crippen molar-refractivity contribution in [3.63, 3.8) is 0 Å². The summed E-state index contributed by atoms with van der Waals surface area (Å²) in [6, 6.07) is -0.873. The van der Waals surface area contributed by atoms with Gasteiger partial charge in [0.25, 0.3) is 10.0 Å². The third-order valence-corrected chi connectivity index (χ3v) is 6.53. The summed E-state index contributed by atoms with van der Waals surface area (Å²) in [5, 5.41) is 3.84. The highest BCUT2D eigenvalue weighted by Crippen LogP contribution is 2.42. The van der Waals surface area contributed by atoms with E-state index >= 15 is 0 Å². The van der Waals surface area contributed by atoms with E-state index < -0.39 is 32.6 Å². The Balaban J connectivity index is 3.11. The van der Waals surface area contributed by atoms with Crippen LogP contribution in [0.25, 0.3) is 0 Å². The molecule has 0 fully saturated rings. The highest BCUT2D eigenvalue weighted by molar-refractivity contribution is 8.15. The highest BCUT2D eigenvalue weighted by Gasteiger charge is 2.46. The van der Waals surface area contributed by atoms with Gasteiger partial charge in [0.2, 0.25) is 5.91 Å². The number of rotatable bonds is 4. The lowest BCUT2D eigenvalue weighted by Gasteiger charge is -2.30. The topological polar surface area (TPSA) is 110 Å². The van der Waals surface area contributed by atoms with Gasteiger partial charge in [0, 0.05) is 7.05 Å². The molecule has 1 heterocycles. The van der Waals surface area contributed by atoms with E-state index in [-0.39, 0.29) is 6.42 Å². The van der Waals surface area contributed by atoms with Crippen LogP contribution in [-0.2, 0) is 14.8 Å². The van der Waals surface area contributed by atoms with Crippen LogP contribution in [0.1, 0.15) is 13.3 Å². The van der Waals surface area contributed by atoms with E-state index in [2.05, 4.69) is 5.32 Å². The van der Waals surface area contributed by atoms with Crippen molar-refractivity contribution in [1.82, 2.24) is 9.62 Å². The van der Waals surface area contributed by atoms with Gasteiger partial charge in [0.05, 0.1) is 0 Å². The second-order valence-electron chi connectivity index (χ2n) is 3.86. The molecule has 1 rings (SSSR count). The van der Waals surface area contributed by atoms with Gasteiger partial charge in [-0.1, -0.05) is 6.08 Å². The fourth-order valence-electron chi connectivity index (χ4n) is 1.43. The molecule has 0 bridgehead atoms. The van der Waals surface area contributed by atoms with Crippen molar-refractivity contribution in [2.24, 2.45) is 5.73 Å². The number of thioether (sulfide) groups is 1. The first-order valence-electron chi connectivity index (χ1n) is 5.10. The van der Waals surface area contributed by atoms with Gasteiger partial charge in [0.1, 0.15) is 10.6 Å². The summed E-state index contributed by atoms with van der Waals surface area (Å²) in [5.41, 5.74) is 4.98. The molecule has 1 atom stereocenters. The maximum Gasteiger partial charge on any atom is 0.331 e. The van der Waals surface area contributed by atoms with E-state index in [9.17, 15) is 18.0 Å². The minimum atomic E-state index is -3.99. The third kappa shape index (κ3) is 2.61. The molecule has 0 spiro atoms. The standard InChI is InChI=1S/C9H15N3O4S2/c1-9(4-3-5-17-9)18(15,16)12(6-7(10)13)8(14)11-2/h3,5H,4,6H2,1-2H3,(H2,10,13)(H,11,14). The van der Waals surface area contributed by atoms with Crippen LogP contribution in [0.15, 0.2) is 11.5 Å². The van der Waals surface area contributed by atoms with Gasteiger partial charge in [-0.25, -0.2) is 17.5 Å². The van der Waals surface area contributed by atoms with Crippen molar-refractivity contribution in [3.05, 3.63) is 11.5 Å². The van der Waals surface area contributed by atoms with Gasteiger partial charge >= 0.3 is 6.03 Å². The zero-order valence-corrected chi connectivity index (χ0v) is 11.7. The Morgan fingerprint density at radius 2 is 2.17 bits per heavy atom. The second kappa shape index (κ2) is 5.19. The van der Waals surface area contributed by atoms with Crippen molar-refractivity contribution in [1.29, 1.82) is 0 Å². The normalized spacial score (nSPS) is 22.8. The summed E-state index contributed by atoms with van der Waals surface area (Å²) < 4.78 is 24.1. The molecule has 0 aromatic carbocycles.